The molecule has 0 radical (unpaired) electrons. The molecule has 0 bridgehead atoms. The first-order valence-corrected chi connectivity index (χ1v) is 8.01. The summed E-state index contributed by atoms with van der Waals surface area (Å²) in [4.78, 5) is 0. The lowest BCUT2D eigenvalue weighted by molar-refractivity contribution is 0.297. The maximum atomic E-state index is 5.74. The van der Waals surface area contributed by atoms with Crippen molar-refractivity contribution in [3.05, 3.63) is 29.8 Å². The Hall–Kier alpha value is -1.64. The second-order valence-corrected chi connectivity index (χ2v) is 6.39. The molecule has 0 amide bonds. The molecule has 0 spiro atoms. The molecule has 2 aliphatic rings. The Balaban J connectivity index is 1.61. The predicted molar refractivity (Wildman–Crippen MR) is 86.2 cm³/mol. The Kier molecular flexibility index (Phi) is 4.37. The van der Waals surface area contributed by atoms with Crippen LogP contribution >= 0.6 is 0 Å². The van der Waals surface area contributed by atoms with E-state index < -0.39 is 0 Å². The highest BCUT2D eigenvalue weighted by molar-refractivity contribution is 5.55. The zero-order chi connectivity index (χ0) is 14.7. The zero-order valence-electron chi connectivity index (χ0n) is 13.0. The number of benzene rings is 1. The van der Waals surface area contributed by atoms with E-state index in [1.165, 1.54) is 18.4 Å². The summed E-state index contributed by atoms with van der Waals surface area (Å²) in [5.74, 6) is 3.16. The average Bonchev–Trinajstić information content (AvgIpc) is 2.68. The molecule has 2 atom stereocenters. The van der Waals surface area contributed by atoms with Crippen molar-refractivity contribution in [3.8, 4) is 11.5 Å². The minimum atomic E-state index is 0.703. The lowest BCUT2D eigenvalue weighted by Crippen LogP contribution is -2.20. The van der Waals surface area contributed by atoms with E-state index in [0.717, 1.165) is 49.3 Å². The van der Waals surface area contributed by atoms with Crippen LogP contribution in [0.2, 0.25) is 0 Å². The normalized spacial score (nSPS) is 25.0. The molecule has 3 rings (SSSR count). The number of anilines is 1. The molecule has 2 unspecified atom stereocenters. The summed E-state index contributed by atoms with van der Waals surface area (Å²) in [7, 11) is 0. The van der Waals surface area contributed by atoms with Gasteiger partial charge in [0.05, 0.1) is 13.2 Å². The fourth-order valence-corrected chi connectivity index (χ4v) is 3.38. The fourth-order valence-electron chi connectivity index (χ4n) is 3.38. The van der Waals surface area contributed by atoms with E-state index >= 15 is 0 Å². The highest BCUT2D eigenvalue weighted by Crippen LogP contribution is 2.33. The molecular weight excluding hydrogens is 262 g/mol. The summed E-state index contributed by atoms with van der Waals surface area (Å²) in [6.07, 6.45) is 5.84. The van der Waals surface area contributed by atoms with Gasteiger partial charge in [0.15, 0.2) is 11.5 Å². The third-order valence-electron chi connectivity index (χ3n) is 4.23. The highest BCUT2D eigenvalue weighted by Gasteiger charge is 2.18. The summed E-state index contributed by atoms with van der Waals surface area (Å²) in [5.41, 5.74) is 2.65. The van der Waals surface area contributed by atoms with Crippen molar-refractivity contribution in [3.63, 3.8) is 0 Å². The van der Waals surface area contributed by atoms with Gasteiger partial charge in [0, 0.05) is 24.7 Å². The van der Waals surface area contributed by atoms with Gasteiger partial charge in [-0.1, -0.05) is 18.6 Å². The van der Waals surface area contributed by atoms with Crippen molar-refractivity contribution in [1.82, 2.24) is 0 Å². The number of hydrogen-bond acceptors (Lipinski definition) is 3. The van der Waals surface area contributed by atoms with Gasteiger partial charge >= 0.3 is 0 Å². The fraction of sp³-hybridized carbons (Fsp3) is 0.556. The van der Waals surface area contributed by atoms with Crippen molar-refractivity contribution >= 4 is 5.69 Å². The molecule has 1 aliphatic heterocycles. The quantitative estimate of drug-likeness (QED) is 0.843. The Morgan fingerprint density at radius 2 is 2.00 bits per heavy atom. The number of nitrogens with one attached hydrogen (secondary N) is 1. The molecule has 3 heteroatoms. The minimum absolute atomic E-state index is 0.703. The van der Waals surface area contributed by atoms with Crippen LogP contribution in [0.5, 0.6) is 11.5 Å². The van der Waals surface area contributed by atoms with Gasteiger partial charge in [-0.2, -0.15) is 0 Å². The SMILES string of the molecule is CC1=CC(C)CC(CNc2ccc3c(c2)OCCCO3)C1. The molecule has 1 aromatic carbocycles. The van der Waals surface area contributed by atoms with Crippen LogP contribution in [-0.2, 0) is 0 Å². The van der Waals surface area contributed by atoms with Gasteiger partial charge < -0.3 is 14.8 Å². The standard InChI is InChI=1S/C18H25NO2/c1-13-8-14(2)10-15(9-13)12-19-16-4-5-17-18(11-16)21-7-3-6-20-17/h4-5,8,11,13,15,19H,3,6-7,9-10,12H2,1-2H3. The Morgan fingerprint density at radius 1 is 1.19 bits per heavy atom. The third-order valence-corrected chi connectivity index (χ3v) is 4.23. The van der Waals surface area contributed by atoms with E-state index in [1.807, 2.05) is 6.07 Å². The predicted octanol–water partition coefficient (Wildman–Crippen LogP) is 4.25. The van der Waals surface area contributed by atoms with Crippen LogP contribution in [0.3, 0.4) is 0 Å². The van der Waals surface area contributed by atoms with Crippen LogP contribution < -0.4 is 14.8 Å². The summed E-state index contributed by atoms with van der Waals surface area (Å²) >= 11 is 0. The molecule has 21 heavy (non-hydrogen) atoms. The molecule has 3 nitrogen and oxygen atoms in total. The lowest BCUT2D eigenvalue weighted by atomic mass is 9.84. The van der Waals surface area contributed by atoms with Crippen LogP contribution in [0.15, 0.2) is 29.8 Å². The number of ether oxygens (including phenoxy) is 2. The first kappa shape index (κ1) is 14.3. The first-order valence-electron chi connectivity index (χ1n) is 8.01. The summed E-state index contributed by atoms with van der Waals surface area (Å²) in [5, 5.41) is 3.56. The molecule has 1 N–H and O–H groups in total. The van der Waals surface area contributed by atoms with Crippen LogP contribution in [0.25, 0.3) is 0 Å². The van der Waals surface area contributed by atoms with E-state index in [9.17, 15) is 0 Å². The molecule has 0 fully saturated rings. The summed E-state index contributed by atoms with van der Waals surface area (Å²) in [6, 6.07) is 6.16. The van der Waals surface area contributed by atoms with Gasteiger partial charge in [-0.3, -0.25) is 0 Å². The van der Waals surface area contributed by atoms with Crippen molar-refractivity contribution < 1.29 is 9.47 Å². The van der Waals surface area contributed by atoms with E-state index in [1.54, 1.807) is 0 Å². The van der Waals surface area contributed by atoms with Gasteiger partial charge in [-0.15, -0.1) is 0 Å². The maximum absolute atomic E-state index is 5.74. The summed E-state index contributed by atoms with van der Waals surface area (Å²) in [6.45, 7) is 7.06. The molecule has 1 heterocycles. The van der Waals surface area contributed by atoms with E-state index in [-0.39, 0.29) is 0 Å². The van der Waals surface area contributed by atoms with Crippen molar-refractivity contribution in [2.45, 2.75) is 33.1 Å². The topological polar surface area (TPSA) is 30.5 Å². The molecule has 0 saturated heterocycles. The Labute approximate surface area is 127 Å². The van der Waals surface area contributed by atoms with Gasteiger partial charge in [0.1, 0.15) is 0 Å². The van der Waals surface area contributed by atoms with Crippen molar-refractivity contribution in [2.75, 3.05) is 25.1 Å². The van der Waals surface area contributed by atoms with E-state index in [0.29, 0.717) is 5.92 Å². The zero-order valence-corrected chi connectivity index (χ0v) is 13.0. The third kappa shape index (κ3) is 3.72. The Bertz CT molecular complexity index is 524. The molecule has 1 aromatic rings. The maximum Gasteiger partial charge on any atom is 0.163 e. The number of allylic oxidation sites excluding steroid dienone is 2. The summed E-state index contributed by atoms with van der Waals surface area (Å²) < 4.78 is 11.4. The van der Waals surface area contributed by atoms with Gasteiger partial charge in [0.25, 0.3) is 0 Å². The van der Waals surface area contributed by atoms with Crippen LogP contribution in [-0.4, -0.2) is 19.8 Å². The number of hydrogen-bond donors (Lipinski definition) is 1. The van der Waals surface area contributed by atoms with Gasteiger partial charge in [0.2, 0.25) is 0 Å². The second-order valence-electron chi connectivity index (χ2n) is 6.39. The molecule has 1 aliphatic carbocycles. The molecule has 0 aromatic heterocycles. The largest absolute Gasteiger partial charge is 0.490 e. The smallest absolute Gasteiger partial charge is 0.163 e. The number of rotatable bonds is 3. The Morgan fingerprint density at radius 3 is 2.81 bits per heavy atom. The molecule has 0 saturated carbocycles. The van der Waals surface area contributed by atoms with E-state index in [4.69, 9.17) is 9.47 Å². The number of fused-ring (bicyclic) bond motifs is 1. The minimum Gasteiger partial charge on any atom is -0.490 e. The lowest BCUT2D eigenvalue weighted by Gasteiger charge is -2.26. The second kappa shape index (κ2) is 6.42. The first-order chi connectivity index (χ1) is 10.2. The van der Waals surface area contributed by atoms with Crippen LogP contribution in [0, 0.1) is 11.8 Å². The van der Waals surface area contributed by atoms with Crippen molar-refractivity contribution in [2.24, 2.45) is 11.8 Å². The van der Waals surface area contributed by atoms with Gasteiger partial charge in [-0.05, 0) is 43.7 Å². The van der Waals surface area contributed by atoms with E-state index in [2.05, 4.69) is 37.4 Å². The van der Waals surface area contributed by atoms with Crippen molar-refractivity contribution in [1.29, 1.82) is 0 Å². The molecule has 114 valence electrons. The van der Waals surface area contributed by atoms with Crippen LogP contribution in [0.1, 0.15) is 33.1 Å². The highest BCUT2D eigenvalue weighted by atomic mass is 16.5. The molecular formula is C18H25NO2. The van der Waals surface area contributed by atoms with Gasteiger partial charge in [-0.25, -0.2) is 0 Å². The monoisotopic (exact) mass is 287 g/mol. The van der Waals surface area contributed by atoms with Crippen LogP contribution in [0.4, 0.5) is 5.69 Å². The average molecular weight is 287 g/mol.